The van der Waals surface area contributed by atoms with Crippen LogP contribution in [0.2, 0.25) is 0 Å². The van der Waals surface area contributed by atoms with Gasteiger partial charge in [0, 0.05) is 0 Å². The fourth-order valence-electron chi connectivity index (χ4n) is 1.33. The quantitative estimate of drug-likeness (QED) is 0.671. The molecular weight excluding hydrogens is 195 g/mol. The van der Waals surface area contributed by atoms with Gasteiger partial charge in [-0.15, -0.1) is 0 Å². The van der Waals surface area contributed by atoms with Gasteiger partial charge in [0.05, 0.1) is 0 Å². The van der Waals surface area contributed by atoms with Gasteiger partial charge in [0.25, 0.3) is 0 Å². The molecule has 0 aromatic rings. The third-order valence-electron chi connectivity index (χ3n) is 1.82. The zero-order chi connectivity index (χ0) is 7.40. The summed E-state index contributed by atoms with van der Waals surface area (Å²) in [6.07, 6.45) is 5.58. The minimum atomic E-state index is -3.23. The SMILES string of the molecule is O=[AsH](O)OC1CCCCC1. The summed E-state index contributed by atoms with van der Waals surface area (Å²) in [7, 11) is 0. The van der Waals surface area contributed by atoms with Gasteiger partial charge in [-0.3, -0.25) is 0 Å². The van der Waals surface area contributed by atoms with Crippen molar-refractivity contribution in [2.75, 3.05) is 0 Å². The van der Waals surface area contributed by atoms with Gasteiger partial charge < -0.3 is 0 Å². The van der Waals surface area contributed by atoms with Crippen molar-refractivity contribution in [2.24, 2.45) is 0 Å². The van der Waals surface area contributed by atoms with Gasteiger partial charge in [-0.25, -0.2) is 0 Å². The zero-order valence-corrected chi connectivity index (χ0v) is 7.97. The molecule has 0 saturated heterocycles. The maximum atomic E-state index is 10.3. The van der Waals surface area contributed by atoms with Crippen LogP contribution in [0.15, 0.2) is 0 Å². The van der Waals surface area contributed by atoms with Crippen LogP contribution in [0.3, 0.4) is 0 Å². The predicted molar refractivity (Wildman–Crippen MR) is 38.0 cm³/mol. The Morgan fingerprint density at radius 3 is 2.40 bits per heavy atom. The molecule has 4 heteroatoms. The molecule has 0 aromatic heterocycles. The predicted octanol–water partition coefficient (Wildman–Crippen LogP) is 0.476. The van der Waals surface area contributed by atoms with Crippen molar-refractivity contribution in [3.63, 3.8) is 0 Å². The Labute approximate surface area is 65.6 Å². The van der Waals surface area contributed by atoms with E-state index in [1.165, 1.54) is 6.42 Å². The van der Waals surface area contributed by atoms with E-state index >= 15 is 0 Å². The summed E-state index contributed by atoms with van der Waals surface area (Å²) in [5.41, 5.74) is 0. The van der Waals surface area contributed by atoms with Crippen LogP contribution >= 0.6 is 0 Å². The molecule has 1 aliphatic carbocycles. The molecule has 1 fully saturated rings. The summed E-state index contributed by atoms with van der Waals surface area (Å²) >= 11 is -3.23. The molecule has 10 heavy (non-hydrogen) atoms. The van der Waals surface area contributed by atoms with Crippen LogP contribution in [-0.4, -0.2) is 25.5 Å². The average molecular weight is 208 g/mol. The summed E-state index contributed by atoms with van der Waals surface area (Å²) in [6.45, 7) is 0. The second-order valence-electron chi connectivity index (χ2n) is 2.64. The fraction of sp³-hybridized carbons (Fsp3) is 1.00. The minimum absolute atomic E-state index is 0.0891. The van der Waals surface area contributed by atoms with Gasteiger partial charge in [0.1, 0.15) is 0 Å². The Balaban J connectivity index is 2.19. The Morgan fingerprint density at radius 2 is 1.90 bits per heavy atom. The molecule has 0 aliphatic heterocycles. The first-order chi connectivity index (χ1) is 4.79. The molecule has 1 unspecified atom stereocenters. The van der Waals surface area contributed by atoms with Crippen molar-refractivity contribution in [3.8, 4) is 0 Å². The van der Waals surface area contributed by atoms with Gasteiger partial charge in [0.2, 0.25) is 0 Å². The maximum absolute atomic E-state index is 10.3. The molecule has 1 saturated carbocycles. The van der Waals surface area contributed by atoms with E-state index in [1.807, 2.05) is 0 Å². The average Bonchev–Trinajstić information content (AvgIpc) is 1.88. The van der Waals surface area contributed by atoms with Crippen molar-refractivity contribution < 1.29 is 11.6 Å². The van der Waals surface area contributed by atoms with Crippen LogP contribution < -0.4 is 0 Å². The van der Waals surface area contributed by atoms with Crippen LogP contribution in [0.4, 0.5) is 0 Å². The monoisotopic (exact) mass is 208 g/mol. The third-order valence-corrected chi connectivity index (χ3v) is 2.94. The summed E-state index contributed by atoms with van der Waals surface area (Å²) in [5, 5.41) is 0. The molecule has 3 nitrogen and oxygen atoms in total. The molecule has 0 spiro atoms. The van der Waals surface area contributed by atoms with Gasteiger partial charge in [-0.05, 0) is 0 Å². The van der Waals surface area contributed by atoms with Crippen LogP contribution in [-0.2, 0) is 7.47 Å². The first-order valence-electron chi connectivity index (χ1n) is 3.68. The normalized spacial score (nSPS) is 24.5. The zero-order valence-electron chi connectivity index (χ0n) is 5.88. The summed E-state index contributed by atoms with van der Waals surface area (Å²) in [6, 6.07) is 0. The molecule has 0 aromatic carbocycles. The molecule has 0 bridgehead atoms. The van der Waals surface area contributed by atoms with E-state index in [9.17, 15) is 3.74 Å². The van der Waals surface area contributed by atoms with E-state index in [1.54, 1.807) is 0 Å². The van der Waals surface area contributed by atoms with E-state index in [-0.39, 0.29) is 6.10 Å². The van der Waals surface area contributed by atoms with E-state index in [0.29, 0.717) is 0 Å². The van der Waals surface area contributed by atoms with Crippen molar-refractivity contribution in [1.29, 1.82) is 0 Å². The Morgan fingerprint density at radius 1 is 1.30 bits per heavy atom. The van der Waals surface area contributed by atoms with Gasteiger partial charge >= 0.3 is 65.0 Å². The molecule has 0 heterocycles. The fourth-order valence-corrected chi connectivity index (χ4v) is 2.42. The molecule has 0 radical (unpaired) electrons. The van der Waals surface area contributed by atoms with Gasteiger partial charge in [-0.2, -0.15) is 0 Å². The molecular formula is C6H13AsO3. The van der Waals surface area contributed by atoms with Crippen molar-refractivity contribution >= 4 is 15.3 Å². The van der Waals surface area contributed by atoms with Gasteiger partial charge in [0.15, 0.2) is 0 Å². The Hall–Kier alpha value is 0.278. The molecule has 60 valence electrons. The molecule has 1 atom stereocenters. The summed E-state index contributed by atoms with van der Waals surface area (Å²) < 4.78 is 23.6. The van der Waals surface area contributed by atoms with Crippen LogP contribution in [0.5, 0.6) is 0 Å². The molecule has 1 aliphatic rings. The summed E-state index contributed by atoms with van der Waals surface area (Å²) in [5.74, 6) is 0. The van der Waals surface area contributed by atoms with E-state index in [4.69, 9.17) is 7.82 Å². The number of rotatable bonds is 2. The second kappa shape index (κ2) is 4.22. The number of hydrogen-bond acceptors (Lipinski definition) is 2. The van der Waals surface area contributed by atoms with Crippen LogP contribution in [0, 0.1) is 0 Å². The van der Waals surface area contributed by atoms with E-state index in [0.717, 1.165) is 25.7 Å². The van der Waals surface area contributed by atoms with Crippen molar-refractivity contribution in [2.45, 2.75) is 38.2 Å². The second-order valence-corrected chi connectivity index (χ2v) is 4.25. The Bertz CT molecular complexity index is 120. The van der Waals surface area contributed by atoms with Gasteiger partial charge in [-0.1, -0.05) is 0 Å². The van der Waals surface area contributed by atoms with E-state index < -0.39 is 15.3 Å². The third kappa shape index (κ3) is 2.91. The number of hydrogen-bond donors (Lipinski definition) is 1. The first-order valence-corrected chi connectivity index (χ1v) is 6.34. The molecule has 1 rings (SSSR count). The molecule has 0 amide bonds. The van der Waals surface area contributed by atoms with Crippen molar-refractivity contribution in [3.05, 3.63) is 0 Å². The summed E-state index contributed by atoms with van der Waals surface area (Å²) in [4.78, 5) is 0. The standard InChI is InChI=1S/C6H13AsO3/c8-7(9)10-6-4-2-1-3-5-6/h6-7H,1-5H2,(H,8,9). The Kier molecular flexibility index (Phi) is 3.53. The van der Waals surface area contributed by atoms with Crippen LogP contribution in [0.1, 0.15) is 32.1 Å². The van der Waals surface area contributed by atoms with Crippen LogP contribution in [0.25, 0.3) is 0 Å². The first kappa shape index (κ1) is 8.38. The van der Waals surface area contributed by atoms with Crippen molar-refractivity contribution in [1.82, 2.24) is 0 Å². The van der Waals surface area contributed by atoms with E-state index in [2.05, 4.69) is 0 Å². The topological polar surface area (TPSA) is 46.5 Å². The molecule has 1 N–H and O–H groups in total.